The van der Waals surface area contributed by atoms with E-state index in [1.54, 1.807) is 7.11 Å². The van der Waals surface area contributed by atoms with Crippen molar-refractivity contribution in [3.05, 3.63) is 35.4 Å². The molecule has 2 N–H and O–H groups in total. The van der Waals surface area contributed by atoms with Crippen LogP contribution in [0.25, 0.3) is 0 Å². The van der Waals surface area contributed by atoms with Crippen molar-refractivity contribution >= 4 is 6.03 Å². The number of nitrogens with one attached hydrogen (secondary N) is 1. The molecule has 0 fully saturated rings. The van der Waals surface area contributed by atoms with Gasteiger partial charge in [-0.2, -0.15) is 0 Å². The Balaban J connectivity index is 1.77. The highest BCUT2D eigenvalue weighted by Gasteiger charge is 2.53. The van der Waals surface area contributed by atoms with E-state index in [0.29, 0.717) is 25.3 Å². The van der Waals surface area contributed by atoms with E-state index < -0.39 is 6.10 Å². The van der Waals surface area contributed by atoms with E-state index in [0.717, 1.165) is 23.3 Å². The summed E-state index contributed by atoms with van der Waals surface area (Å²) in [5.74, 6) is 1.47. The molecule has 2 heterocycles. The van der Waals surface area contributed by atoms with E-state index in [9.17, 15) is 9.90 Å². The summed E-state index contributed by atoms with van der Waals surface area (Å²) in [6.45, 7) is 7.11. The second-order valence-electron chi connectivity index (χ2n) is 8.79. The number of carbonyl (C=O) groups excluding carboxylic acids is 1. The van der Waals surface area contributed by atoms with Crippen LogP contribution in [0, 0.1) is 0 Å². The number of nitrogens with zero attached hydrogens (tertiary/aromatic N) is 1. The summed E-state index contributed by atoms with van der Waals surface area (Å²) < 4.78 is 11.8. The lowest BCUT2D eigenvalue weighted by Crippen LogP contribution is -2.49. The fourth-order valence-corrected chi connectivity index (χ4v) is 4.51. The van der Waals surface area contributed by atoms with Crippen molar-refractivity contribution in [1.29, 1.82) is 0 Å². The third kappa shape index (κ3) is 2.96. The van der Waals surface area contributed by atoms with Crippen molar-refractivity contribution in [3.8, 4) is 11.5 Å². The third-order valence-corrected chi connectivity index (χ3v) is 5.72. The largest absolute Gasteiger partial charge is 0.493 e. The van der Waals surface area contributed by atoms with Gasteiger partial charge < -0.3 is 24.8 Å². The quantitative estimate of drug-likeness (QED) is 0.744. The number of ether oxygens (including phenoxy) is 2. The van der Waals surface area contributed by atoms with Gasteiger partial charge in [0.1, 0.15) is 6.10 Å². The van der Waals surface area contributed by atoms with Crippen LogP contribution in [0.5, 0.6) is 11.5 Å². The molecule has 1 aromatic carbocycles. The molecule has 2 amide bonds. The number of methoxy groups -OCH3 is 1. The van der Waals surface area contributed by atoms with Crippen molar-refractivity contribution in [2.75, 3.05) is 13.7 Å². The number of benzene rings is 1. The molecule has 6 heteroatoms. The number of aliphatic hydroxyl groups excluding tert-OH is 1. The number of urea groups is 1. The minimum absolute atomic E-state index is 0.0549. The normalized spacial score (nSPS) is 28.7. The summed E-state index contributed by atoms with van der Waals surface area (Å²) in [4.78, 5) is 14.7. The Morgan fingerprint density at radius 3 is 2.89 bits per heavy atom. The Morgan fingerprint density at radius 2 is 2.19 bits per heavy atom. The monoisotopic (exact) mass is 372 g/mol. The average molecular weight is 372 g/mol. The fourth-order valence-electron chi connectivity index (χ4n) is 4.51. The number of aliphatic hydroxyl groups is 1. The van der Waals surface area contributed by atoms with Crippen molar-refractivity contribution in [3.63, 3.8) is 0 Å². The number of carbonyl (C=O) groups is 1. The van der Waals surface area contributed by atoms with Crippen molar-refractivity contribution in [2.24, 2.45) is 0 Å². The van der Waals surface area contributed by atoms with Crippen LogP contribution >= 0.6 is 0 Å². The van der Waals surface area contributed by atoms with Crippen molar-refractivity contribution in [2.45, 2.75) is 63.3 Å². The standard InChI is InChI=1S/C21H28N2O4/c1-20(2,3)22-19(25)23-10-9-21-8-7-14(24)11-16(21)27-18-15(26-4)6-5-13(12-23)17(18)21/h5-8,14,16,24H,9-12H2,1-4H3,(H,22,25)/t14-,16?,21?/m0/s1. The van der Waals surface area contributed by atoms with Crippen LogP contribution in [-0.2, 0) is 12.0 Å². The van der Waals surface area contributed by atoms with E-state index in [-0.39, 0.29) is 23.1 Å². The Kier molecular flexibility index (Phi) is 4.14. The maximum Gasteiger partial charge on any atom is 0.318 e. The summed E-state index contributed by atoms with van der Waals surface area (Å²) in [7, 11) is 1.64. The summed E-state index contributed by atoms with van der Waals surface area (Å²) in [6.07, 6.45) is 4.60. The molecule has 3 aliphatic rings. The zero-order valence-corrected chi connectivity index (χ0v) is 16.4. The van der Waals surface area contributed by atoms with Gasteiger partial charge >= 0.3 is 6.03 Å². The average Bonchev–Trinajstić information content (AvgIpc) is 2.81. The predicted octanol–water partition coefficient (Wildman–Crippen LogP) is 2.73. The molecule has 0 saturated carbocycles. The van der Waals surface area contributed by atoms with Crippen LogP contribution in [0.3, 0.4) is 0 Å². The van der Waals surface area contributed by atoms with Gasteiger partial charge in [-0.25, -0.2) is 4.79 Å². The molecular formula is C21H28N2O4. The maximum atomic E-state index is 12.8. The van der Waals surface area contributed by atoms with Gasteiger partial charge in [0, 0.05) is 30.6 Å². The van der Waals surface area contributed by atoms with Crippen LogP contribution in [-0.4, -0.2) is 47.4 Å². The van der Waals surface area contributed by atoms with E-state index in [2.05, 4.69) is 11.4 Å². The Hall–Kier alpha value is -2.21. The zero-order valence-electron chi connectivity index (χ0n) is 16.4. The molecule has 0 saturated heterocycles. The van der Waals surface area contributed by atoms with E-state index in [1.807, 2.05) is 43.9 Å². The molecule has 1 aliphatic carbocycles. The molecule has 1 aromatic rings. The summed E-state index contributed by atoms with van der Waals surface area (Å²) in [6, 6.07) is 3.89. The molecule has 146 valence electrons. The highest BCUT2D eigenvalue weighted by Crippen LogP contribution is 2.55. The van der Waals surface area contributed by atoms with Gasteiger partial charge in [-0.15, -0.1) is 0 Å². The van der Waals surface area contributed by atoms with Crippen LogP contribution in [0.1, 0.15) is 44.7 Å². The van der Waals surface area contributed by atoms with Gasteiger partial charge in [-0.1, -0.05) is 18.2 Å². The molecule has 0 aromatic heterocycles. The molecule has 3 atom stereocenters. The molecular weight excluding hydrogens is 344 g/mol. The van der Waals surface area contributed by atoms with E-state index in [1.165, 1.54) is 0 Å². The first-order chi connectivity index (χ1) is 12.7. The van der Waals surface area contributed by atoms with Crippen LogP contribution in [0.15, 0.2) is 24.3 Å². The van der Waals surface area contributed by atoms with Crippen LogP contribution in [0.2, 0.25) is 0 Å². The number of rotatable bonds is 1. The lowest BCUT2D eigenvalue weighted by molar-refractivity contribution is 0.0819. The highest BCUT2D eigenvalue weighted by molar-refractivity contribution is 5.75. The molecule has 0 bridgehead atoms. The van der Waals surface area contributed by atoms with Gasteiger partial charge in [0.15, 0.2) is 11.5 Å². The van der Waals surface area contributed by atoms with E-state index in [4.69, 9.17) is 9.47 Å². The van der Waals surface area contributed by atoms with Gasteiger partial charge in [-0.05, 0) is 38.8 Å². The Morgan fingerprint density at radius 1 is 1.41 bits per heavy atom. The molecule has 0 radical (unpaired) electrons. The lowest BCUT2D eigenvalue weighted by Gasteiger charge is -2.36. The maximum absolute atomic E-state index is 12.8. The minimum atomic E-state index is -0.507. The topological polar surface area (TPSA) is 71.0 Å². The fraction of sp³-hybridized carbons (Fsp3) is 0.571. The smallest absolute Gasteiger partial charge is 0.318 e. The molecule has 1 spiro atoms. The van der Waals surface area contributed by atoms with Crippen molar-refractivity contribution in [1.82, 2.24) is 10.2 Å². The molecule has 6 nitrogen and oxygen atoms in total. The Labute approximate surface area is 160 Å². The molecule has 4 rings (SSSR count). The number of hydrogen-bond acceptors (Lipinski definition) is 4. The van der Waals surface area contributed by atoms with Gasteiger partial charge in [0.2, 0.25) is 0 Å². The minimum Gasteiger partial charge on any atom is -0.493 e. The lowest BCUT2D eigenvalue weighted by atomic mass is 9.69. The second kappa shape index (κ2) is 6.16. The van der Waals surface area contributed by atoms with Gasteiger partial charge in [0.05, 0.1) is 18.6 Å². The predicted molar refractivity (Wildman–Crippen MR) is 102 cm³/mol. The first-order valence-corrected chi connectivity index (χ1v) is 9.55. The molecule has 2 unspecified atom stereocenters. The van der Waals surface area contributed by atoms with E-state index >= 15 is 0 Å². The first kappa shape index (κ1) is 18.2. The van der Waals surface area contributed by atoms with Crippen LogP contribution in [0.4, 0.5) is 4.79 Å². The van der Waals surface area contributed by atoms with Gasteiger partial charge in [-0.3, -0.25) is 0 Å². The second-order valence-corrected chi connectivity index (χ2v) is 8.79. The summed E-state index contributed by atoms with van der Waals surface area (Å²) in [5, 5.41) is 13.2. The number of hydrogen-bond donors (Lipinski definition) is 2. The Bertz CT molecular complexity index is 798. The van der Waals surface area contributed by atoms with Crippen LogP contribution < -0.4 is 14.8 Å². The molecule has 27 heavy (non-hydrogen) atoms. The summed E-state index contributed by atoms with van der Waals surface area (Å²) >= 11 is 0. The summed E-state index contributed by atoms with van der Waals surface area (Å²) in [5.41, 5.74) is 1.58. The van der Waals surface area contributed by atoms with Gasteiger partial charge in [0.25, 0.3) is 0 Å². The molecule has 2 aliphatic heterocycles. The first-order valence-electron chi connectivity index (χ1n) is 9.55. The SMILES string of the molecule is COc1ccc2c3c1OC1C[C@@H](O)C=CC31CCN(C(=O)NC(C)(C)C)C2. The van der Waals surface area contributed by atoms with Crippen molar-refractivity contribution < 1.29 is 19.4 Å². The number of amides is 2. The zero-order chi connectivity index (χ0) is 19.4. The highest BCUT2D eigenvalue weighted by atomic mass is 16.5. The third-order valence-electron chi connectivity index (χ3n) is 5.72.